The summed E-state index contributed by atoms with van der Waals surface area (Å²) in [5.41, 5.74) is 0.904. The molecule has 0 aliphatic rings. The summed E-state index contributed by atoms with van der Waals surface area (Å²) in [4.78, 5) is 0. The van der Waals surface area contributed by atoms with Crippen LogP contribution in [0.5, 0.6) is 11.5 Å². The average molecular weight is 410 g/mol. The Morgan fingerprint density at radius 2 is 1.88 bits per heavy atom. The van der Waals surface area contributed by atoms with Crippen LogP contribution in [0.3, 0.4) is 0 Å². The number of benzene rings is 2. The summed E-state index contributed by atoms with van der Waals surface area (Å²) in [6.07, 6.45) is 0. The van der Waals surface area contributed by atoms with E-state index < -0.39 is 0 Å². The predicted molar refractivity (Wildman–Crippen MR) is 106 cm³/mol. The number of hydrogen-bond donors (Lipinski definition) is 0. The molecule has 2 aromatic carbocycles. The first-order chi connectivity index (χ1) is 12.6. The third-order valence-corrected chi connectivity index (χ3v) is 5.16. The largest absolute Gasteiger partial charge is 0.496 e. The molecule has 0 saturated carbocycles. The van der Waals surface area contributed by atoms with Gasteiger partial charge in [0, 0.05) is 17.8 Å². The van der Waals surface area contributed by atoms with Gasteiger partial charge in [0.1, 0.15) is 11.5 Å². The van der Waals surface area contributed by atoms with E-state index in [-0.39, 0.29) is 0 Å². The van der Waals surface area contributed by atoms with Crippen LogP contribution in [-0.4, -0.2) is 34.2 Å². The van der Waals surface area contributed by atoms with Crippen LogP contribution < -0.4 is 9.47 Å². The number of methoxy groups -OCH3 is 1. The van der Waals surface area contributed by atoms with Crippen LogP contribution in [0, 0.1) is 0 Å². The van der Waals surface area contributed by atoms with Gasteiger partial charge in [-0.1, -0.05) is 47.1 Å². The Kier molecular flexibility index (Phi) is 6.29. The second-order valence-electron chi connectivity index (χ2n) is 5.34. The third-order valence-electron chi connectivity index (χ3n) is 3.65. The van der Waals surface area contributed by atoms with Crippen molar-refractivity contribution in [1.29, 1.82) is 0 Å². The van der Waals surface area contributed by atoms with E-state index in [1.807, 2.05) is 35.9 Å². The normalized spacial score (nSPS) is 10.8. The smallest absolute Gasteiger partial charge is 0.191 e. The SMILES string of the molecule is COc1ccccc1-c1nnc(SCCOc2ccc(Cl)cc2Cl)n1C. The Morgan fingerprint density at radius 1 is 1.08 bits per heavy atom. The molecule has 3 aromatic rings. The second-order valence-corrected chi connectivity index (χ2v) is 7.24. The van der Waals surface area contributed by atoms with E-state index in [0.29, 0.717) is 28.2 Å². The molecule has 0 unspecified atom stereocenters. The number of nitrogens with zero attached hydrogens (tertiary/aromatic N) is 3. The van der Waals surface area contributed by atoms with Gasteiger partial charge in [-0.15, -0.1) is 10.2 Å². The molecule has 0 atom stereocenters. The van der Waals surface area contributed by atoms with E-state index >= 15 is 0 Å². The molecule has 0 amide bonds. The Hall–Kier alpha value is -1.89. The van der Waals surface area contributed by atoms with Crippen LogP contribution in [0.25, 0.3) is 11.4 Å². The molecule has 26 heavy (non-hydrogen) atoms. The summed E-state index contributed by atoms with van der Waals surface area (Å²) in [5.74, 6) is 2.84. The van der Waals surface area contributed by atoms with E-state index in [1.54, 1.807) is 37.1 Å². The highest BCUT2D eigenvalue weighted by molar-refractivity contribution is 7.99. The molecular weight excluding hydrogens is 393 g/mol. The van der Waals surface area contributed by atoms with Crippen LogP contribution in [0.4, 0.5) is 0 Å². The van der Waals surface area contributed by atoms with Gasteiger partial charge in [-0.25, -0.2) is 0 Å². The molecule has 0 bridgehead atoms. The van der Waals surface area contributed by atoms with Crippen molar-refractivity contribution >= 4 is 35.0 Å². The van der Waals surface area contributed by atoms with Crippen molar-refractivity contribution in [2.24, 2.45) is 7.05 Å². The van der Waals surface area contributed by atoms with E-state index in [4.69, 9.17) is 32.7 Å². The highest BCUT2D eigenvalue weighted by Gasteiger charge is 2.14. The number of aromatic nitrogens is 3. The average Bonchev–Trinajstić information content (AvgIpc) is 3.00. The molecule has 1 heterocycles. The van der Waals surface area contributed by atoms with E-state index in [2.05, 4.69) is 10.2 Å². The number of halogens is 2. The first-order valence-corrected chi connectivity index (χ1v) is 9.57. The molecule has 8 heteroatoms. The minimum atomic E-state index is 0.489. The maximum absolute atomic E-state index is 6.10. The van der Waals surface area contributed by atoms with Gasteiger partial charge in [-0.3, -0.25) is 0 Å². The van der Waals surface area contributed by atoms with Crippen LogP contribution in [0.2, 0.25) is 10.0 Å². The Morgan fingerprint density at radius 3 is 2.65 bits per heavy atom. The Labute approximate surface area is 166 Å². The highest BCUT2D eigenvalue weighted by Crippen LogP contribution is 2.30. The summed E-state index contributed by atoms with van der Waals surface area (Å²) < 4.78 is 13.0. The van der Waals surface area contributed by atoms with Crippen molar-refractivity contribution in [2.45, 2.75) is 5.16 Å². The van der Waals surface area contributed by atoms with Gasteiger partial charge in [-0.05, 0) is 30.3 Å². The van der Waals surface area contributed by atoms with Gasteiger partial charge in [0.15, 0.2) is 11.0 Å². The van der Waals surface area contributed by atoms with E-state index in [0.717, 1.165) is 22.3 Å². The molecule has 0 fully saturated rings. The second kappa shape index (κ2) is 8.66. The number of para-hydroxylation sites is 1. The lowest BCUT2D eigenvalue weighted by Gasteiger charge is -2.09. The predicted octanol–water partition coefficient (Wildman–Crippen LogP) is 4.97. The zero-order valence-corrected chi connectivity index (χ0v) is 16.6. The zero-order chi connectivity index (χ0) is 18.5. The fourth-order valence-corrected chi connectivity index (χ4v) is 3.57. The molecule has 3 rings (SSSR count). The van der Waals surface area contributed by atoms with Crippen molar-refractivity contribution in [2.75, 3.05) is 19.5 Å². The third kappa shape index (κ3) is 4.26. The minimum Gasteiger partial charge on any atom is -0.496 e. The molecule has 0 saturated heterocycles. The van der Waals surface area contributed by atoms with Crippen molar-refractivity contribution in [1.82, 2.24) is 14.8 Å². The Balaban J connectivity index is 1.62. The fraction of sp³-hybridized carbons (Fsp3) is 0.222. The van der Waals surface area contributed by atoms with Gasteiger partial charge >= 0.3 is 0 Å². The molecule has 0 aliphatic carbocycles. The lowest BCUT2D eigenvalue weighted by Crippen LogP contribution is -2.02. The fourth-order valence-electron chi connectivity index (χ4n) is 2.38. The molecule has 1 aromatic heterocycles. The molecule has 5 nitrogen and oxygen atoms in total. The summed E-state index contributed by atoms with van der Waals surface area (Å²) in [7, 11) is 3.57. The molecule has 136 valence electrons. The highest BCUT2D eigenvalue weighted by atomic mass is 35.5. The number of ether oxygens (including phenoxy) is 2. The number of rotatable bonds is 7. The first-order valence-electron chi connectivity index (χ1n) is 7.83. The van der Waals surface area contributed by atoms with E-state index in [9.17, 15) is 0 Å². The van der Waals surface area contributed by atoms with Crippen molar-refractivity contribution < 1.29 is 9.47 Å². The maximum atomic E-state index is 6.10. The van der Waals surface area contributed by atoms with Crippen LogP contribution in [-0.2, 0) is 7.05 Å². The maximum Gasteiger partial charge on any atom is 0.191 e. The minimum absolute atomic E-state index is 0.489. The van der Waals surface area contributed by atoms with E-state index in [1.165, 1.54) is 0 Å². The monoisotopic (exact) mass is 409 g/mol. The first kappa shape index (κ1) is 18.9. The van der Waals surface area contributed by atoms with Gasteiger partial charge in [-0.2, -0.15) is 0 Å². The quantitative estimate of drug-likeness (QED) is 0.407. The topological polar surface area (TPSA) is 49.2 Å². The summed E-state index contributed by atoms with van der Waals surface area (Å²) in [5, 5.41) is 10.4. The van der Waals surface area contributed by atoms with Gasteiger partial charge < -0.3 is 14.0 Å². The van der Waals surface area contributed by atoms with Crippen LogP contribution >= 0.6 is 35.0 Å². The lowest BCUT2D eigenvalue weighted by molar-refractivity contribution is 0.344. The number of thioether (sulfide) groups is 1. The van der Waals surface area contributed by atoms with Crippen LogP contribution in [0.15, 0.2) is 47.6 Å². The van der Waals surface area contributed by atoms with Gasteiger partial charge in [0.05, 0.1) is 24.3 Å². The number of hydrogen-bond acceptors (Lipinski definition) is 5. The van der Waals surface area contributed by atoms with Crippen molar-refractivity contribution in [3.63, 3.8) is 0 Å². The zero-order valence-electron chi connectivity index (χ0n) is 14.3. The summed E-state index contributed by atoms with van der Waals surface area (Å²) >= 11 is 13.5. The summed E-state index contributed by atoms with van der Waals surface area (Å²) in [6.45, 7) is 0.489. The van der Waals surface area contributed by atoms with Crippen molar-refractivity contribution in [3.05, 3.63) is 52.5 Å². The molecule has 0 aliphatic heterocycles. The standard InChI is InChI=1S/C18H17Cl2N3O2S/c1-23-17(13-5-3-4-6-15(13)24-2)21-22-18(23)26-10-9-25-16-8-7-12(19)11-14(16)20/h3-8,11H,9-10H2,1-2H3. The summed E-state index contributed by atoms with van der Waals surface area (Å²) in [6, 6.07) is 12.9. The van der Waals surface area contributed by atoms with Gasteiger partial charge in [0.2, 0.25) is 0 Å². The van der Waals surface area contributed by atoms with Gasteiger partial charge in [0.25, 0.3) is 0 Å². The molecular formula is C18H17Cl2N3O2S. The Bertz CT molecular complexity index is 902. The lowest BCUT2D eigenvalue weighted by atomic mass is 10.2. The van der Waals surface area contributed by atoms with Crippen LogP contribution in [0.1, 0.15) is 0 Å². The molecule has 0 radical (unpaired) electrons. The van der Waals surface area contributed by atoms with Crippen molar-refractivity contribution in [3.8, 4) is 22.9 Å². The molecule has 0 spiro atoms. The molecule has 0 N–H and O–H groups in total.